The number of benzene rings is 2. The summed E-state index contributed by atoms with van der Waals surface area (Å²) >= 11 is 1.57. The van der Waals surface area contributed by atoms with Crippen molar-refractivity contribution in [1.29, 1.82) is 0 Å². The highest BCUT2D eigenvalue weighted by Crippen LogP contribution is 2.15. The van der Waals surface area contributed by atoms with Gasteiger partial charge in [-0.3, -0.25) is 0 Å². The summed E-state index contributed by atoms with van der Waals surface area (Å²) in [4.78, 5) is 12.6. The number of hydrogen-bond donors (Lipinski definition) is 1. The summed E-state index contributed by atoms with van der Waals surface area (Å²) in [5.74, 6) is 0.508. The maximum Gasteiger partial charge on any atom is 0.407 e. The van der Waals surface area contributed by atoms with Crippen molar-refractivity contribution in [2.24, 2.45) is 0 Å². The van der Waals surface area contributed by atoms with E-state index in [4.69, 9.17) is 4.74 Å². The van der Waals surface area contributed by atoms with Gasteiger partial charge in [0.1, 0.15) is 0 Å². The summed E-state index contributed by atoms with van der Waals surface area (Å²) in [7, 11) is 0. The first-order chi connectivity index (χ1) is 9.84. The van der Waals surface area contributed by atoms with Crippen molar-refractivity contribution in [2.45, 2.75) is 11.3 Å². The molecule has 0 radical (unpaired) electrons. The Morgan fingerprint density at radius 1 is 1.00 bits per heavy atom. The van der Waals surface area contributed by atoms with Crippen LogP contribution in [0.1, 0.15) is 5.56 Å². The molecule has 0 fully saturated rings. The van der Waals surface area contributed by atoms with Gasteiger partial charge in [-0.15, -0.1) is 11.8 Å². The number of thioether (sulfide) groups is 1. The van der Waals surface area contributed by atoms with Crippen LogP contribution in [0.5, 0.6) is 0 Å². The van der Waals surface area contributed by atoms with Crippen molar-refractivity contribution in [3.05, 3.63) is 66.2 Å². The molecule has 104 valence electrons. The van der Waals surface area contributed by atoms with Crippen LogP contribution < -0.4 is 5.32 Å². The Labute approximate surface area is 123 Å². The van der Waals surface area contributed by atoms with E-state index in [0.717, 1.165) is 11.3 Å². The van der Waals surface area contributed by atoms with Gasteiger partial charge in [0.15, 0.2) is 0 Å². The lowest BCUT2D eigenvalue weighted by Gasteiger charge is -2.07. The summed E-state index contributed by atoms with van der Waals surface area (Å²) in [5.41, 5.74) is 1.17. The van der Waals surface area contributed by atoms with Gasteiger partial charge in [-0.25, -0.2) is 4.79 Å². The Morgan fingerprint density at radius 2 is 1.65 bits per heavy atom. The molecule has 0 spiro atoms. The largest absolute Gasteiger partial charge is 0.449 e. The van der Waals surface area contributed by atoms with Crippen LogP contribution >= 0.6 is 11.8 Å². The van der Waals surface area contributed by atoms with Gasteiger partial charge in [0, 0.05) is 11.3 Å². The maximum absolute atomic E-state index is 11.5. The number of hydrogen-bond acceptors (Lipinski definition) is 3. The fourth-order valence-electron chi connectivity index (χ4n) is 1.65. The van der Waals surface area contributed by atoms with Crippen molar-refractivity contribution in [1.82, 2.24) is 5.32 Å². The third-order valence-corrected chi connectivity index (χ3v) is 3.56. The first-order valence-electron chi connectivity index (χ1n) is 6.47. The molecule has 0 atom stereocenters. The summed E-state index contributed by atoms with van der Waals surface area (Å²) in [6, 6.07) is 19.9. The molecule has 3 nitrogen and oxygen atoms in total. The van der Waals surface area contributed by atoms with E-state index >= 15 is 0 Å². The van der Waals surface area contributed by atoms with E-state index in [1.165, 1.54) is 5.56 Å². The zero-order valence-electron chi connectivity index (χ0n) is 11.1. The molecule has 0 bridgehead atoms. The molecular formula is C16H17NO2S. The summed E-state index contributed by atoms with van der Waals surface area (Å²) in [6.07, 6.45) is 0.365. The van der Waals surface area contributed by atoms with Gasteiger partial charge in [0.25, 0.3) is 0 Å². The van der Waals surface area contributed by atoms with Crippen molar-refractivity contribution in [3.63, 3.8) is 0 Å². The van der Waals surface area contributed by atoms with Gasteiger partial charge in [0.2, 0.25) is 0 Å². The van der Waals surface area contributed by atoms with Crippen LogP contribution in [0.25, 0.3) is 0 Å². The maximum atomic E-state index is 11.5. The number of carbonyl (C=O) groups excluding carboxylic acids is 1. The first-order valence-corrected chi connectivity index (χ1v) is 7.45. The Hall–Kier alpha value is -1.94. The monoisotopic (exact) mass is 287 g/mol. The molecule has 2 rings (SSSR count). The van der Waals surface area contributed by atoms with E-state index in [-0.39, 0.29) is 6.09 Å². The lowest BCUT2D eigenvalue weighted by atomic mass is 10.2. The minimum atomic E-state index is -0.371. The molecule has 0 aromatic heterocycles. The Kier molecular flexibility index (Phi) is 5.99. The second kappa shape index (κ2) is 8.27. The van der Waals surface area contributed by atoms with E-state index in [0.29, 0.717) is 12.5 Å². The van der Waals surface area contributed by atoms with Gasteiger partial charge < -0.3 is 10.1 Å². The van der Waals surface area contributed by atoms with Crippen LogP contribution in [0.15, 0.2) is 65.6 Å². The average molecular weight is 287 g/mol. The zero-order chi connectivity index (χ0) is 14.0. The average Bonchev–Trinajstić information content (AvgIpc) is 2.49. The molecular weight excluding hydrogens is 270 g/mol. The fourth-order valence-corrected chi connectivity index (χ4v) is 2.36. The normalized spacial score (nSPS) is 10.0. The molecule has 2 aromatic carbocycles. The van der Waals surface area contributed by atoms with E-state index in [1.54, 1.807) is 11.8 Å². The molecule has 1 N–H and O–H groups in total. The van der Waals surface area contributed by atoms with Crippen LogP contribution in [0.4, 0.5) is 4.79 Å². The molecule has 2 aromatic rings. The lowest BCUT2D eigenvalue weighted by Crippen LogP contribution is -2.24. The molecule has 0 saturated carbocycles. The quantitative estimate of drug-likeness (QED) is 0.650. The van der Waals surface area contributed by atoms with Crippen LogP contribution in [-0.4, -0.2) is 18.6 Å². The molecule has 4 heteroatoms. The van der Waals surface area contributed by atoms with Gasteiger partial charge in [-0.05, 0) is 17.7 Å². The summed E-state index contributed by atoms with van der Waals surface area (Å²) < 4.78 is 5.12. The first kappa shape index (κ1) is 14.5. The van der Waals surface area contributed by atoms with Crippen LogP contribution in [-0.2, 0) is 11.2 Å². The lowest BCUT2D eigenvalue weighted by molar-refractivity contribution is 0.149. The highest BCUT2D eigenvalue weighted by molar-refractivity contribution is 7.99. The molecule has 0 aliphatic rings. The van der Waals surface area contributed by atoms with Crippen LogP contribution in [0.2, 0.25) is 0 Å². The smallest absolute Gasteiger partial charge is 0.407 e. The highest BCUT2D eigenvalue weighted by Gasteiger charge is 2.01. The Balaban J connectivity index is 1.59. The topological polar surface area (TPSA) is 38.3 Å². The van der Waals surface area contributed by atoms with Crippen LogP contribution in [0, 0.1) is 0 Å². The van der Waals surface area contributed by atoms with Crippen molar-refractivity contribution < 1.29 is 9.53 Å². The second-order valence-electron chi connectivity index (χ2n) is 4.15. The second-order valence-corrected chi connectivity index (χ2v) is 5.20. The number of carbonyl (C=O) groups is 1. The molecule has 0 aliphatic carbocycles. The summed E-state index contributed by atoms with van der Waals surface area (Å²) in [6.45, 7) is 0.395. The van der Waals surface area contributed by atoms with E-state index in [9.17, 15) is 4.79 Å². The predicted octanol–water partition coefficient (Wildman–Crippen LogP) is 3.71. The minimum Gasteiger partial charge on any atom is -0.449 e. The molecule has 0 unspecified atom stereocenters. The molecule has 20 heavy (non-hydrogen) atoms. The van der Waals surface area contributed by atoms with Crippen molar-refractivity contribution >= 4 is 17.9 Å². The van der Waals surface area contributed by atoms with E-state index in [1.807, 2.05) is 60.7 Å². The number of ether oxygens (including phenoxy) is 1. The number of amides is 1. The SMILES string of the molecule is O=C(NCSc1ccccc1)OCCc1ccccc1. The van der Waals surface area contributed by atoms with Crippen molar-refractivity contribution in [2.75, 3.05) is 12.5 Å². The van der Waals surface area contributed by atoms with E-state index in [2.05, 4.69) is 5.32 Å². The Morgan fingerprint density at radius 3 is 2.35 bits per heavy atom. The number of nitrogens with one attached hydrogen (secondary N) is 1. The molecule has 0 aliphatic heterocycles. The molecule has 0 heterocycles. The third-order valence-electron chi connectivity index (χ3n) is 2.67. The highest BCUT2D eigenvalue weighted by atomic mass is 32.2. The number of alkyl carbamates (subject to hydrolysis) is 1. The standard InChI is InChI=1S/C16H17NO2S/c18-16(17-13-20-15-9-5-2-6-10-15)19-12-11-14-7-3-1-4-8-14/h1-10H,11-13H2,(H,17,18). The number of rotatable bonds is 6. The summed E-state index contributed by atoms with van der Waals surface area (Å²) in [5, 5.41) is 2.72. The fraction of sp³-hybridized carbons (Fsp3) is 0.188. The van der Waals surface area contributed by atoms with Crippen LogP contribution in [0.3, 0.4) is 0 Å². The molecule has 1 amide bonds. The predicted molar refractivity (Wildman–Crippen MR) is 81.8 cm³/mol. The van der Waals surface area contributed by atoms with Crippen molar-refractivity contribution in [3.8, 4) is 0 Å². The third kappa shape index (κ3) is 5.36. The van der Waals surface area contributed by atoms with Gasteiger partial charge in [0.05, 0.1) is 12.5 Å². The zero-order valence-corrected chi connectivity index (χ0v) is 11.9. The Bertz CT molecular complexity index is 469. The van der Waals surface area contributed by atoms with Gasteiger partial charge in [-0.1, -0.05) is 48.5 Å². The van der Waals surface area contributed by atoms with Gasteiger partial charge in [-0.2, -0.15) is 0 Å². The minimum absolute atomic E-state index is 0.371. The van der Waals surface area contributed by atoms with E-state index < -0.39 is 0 Å². The van der Waals surface area contributed by atoms with Gasteiger partial charge >= 0.3 is 6.09 Å². The molecule has 0 saturated heterocycles.